The molecule has 1 aromatic carbocycles. The summed E-state index contributed by atoms with van der Waals surface area (Å²) in [6.07, 6.45) is 2.17. The zero-order chi connectivity index (χ0) is 13.4. The van der Waals surface area contributed by atoms with Crippen LogP contribution < -0.4 is 10.5 Å². The van der Waals surface area contributed by atoms with E-state index in [1.807, 2.05) is 0 Å². The molecule has 4 heteroatoms. The van der Waals surface area contributed by atoms with Gasteiger partial charge in [-0.2, -0.15) is 0 Å². The van der Waals surface area contributed by atoms with E-state index in [9.17, 15) is 4.39 Å². The normalized spacial score (nSPS) is 12.4. The van der Waals surface area contributed by atoms with Gasteiger partial charge in [0.25, 0.3) is 0 Å². The molecule has 0 aliphatic carbocycles. The molecule has 3 nitrogen and oxygen atoms in total. The van der Waals surface area contributed by atoms with Gasteiger partial charge in [0.05, 0.1) is 6.61 Å². The third-order valence-electron chi connectivity index (χ3n) is 2.60. The van der Waals surface area contributed by atoms with Crippen LogP contribution in [0.5, 0.6) is 5.75 Å². The van der Waals surface area contributed by atoms with Crippen LogP contribution in [-0.4, -0.2) is 19.8 Å². The maximum atomic E-state index is 13.6. The second-order valence-electron chi connectivity index (χ2n) is 4.29. The standard InChI is InChI=1S/C14H22FNO2/c1-3-4-7-17-8-9-18-12-5-6-13(11(2)16)14(15)10-12/h5-6,10-11H,3-4,7-9,16H2,1-2H3. The minimum atomic E-state index is -0.325. The fourth-order valence-electron chi connectivity index (χ4n) is 1.53. The van der Waals surface area contributed by atoms with Crippen LogP contribution >= 0.6 is 0 Å². The van der Waals surface area contributed by atoms with Crippen molar-refractivity contribution in [2.75, 3.05) is 19.8 Å². The van der Waals surface area contributed by atoms with Gasteiger partial charge in [-0.15, -0.1) is 0 Å². The number of hydrogen-bond donors (Lipinski definition) is 1. The Morgan fingerprint density at radius 1 is 1.28 bits per heavy atom. The Morgan fingerprint density at radius 3 is 2.67 bits per heavy atom. The first-order valence-corrected chi connectivity index (χ1v) is 6.40. The second kappa shape index (κ2) is 8.06. The number of nitrogens with two attached hydrogens (primary N) is 1. The lowest BCUT2D eigenvalue weighted by Gasteiger charge is -2.10. The summed E-state index contributed by atoms with van der Waals surface area (Å²) < 4.78 is 24.3. The molecular formula is C14H22FNO2. The Morgan fingerprint density at radius 2 is 2.06 bits per heavy atom. The summed E-state index contributed by atoms with van der Waals surface area (Å²) >= 11 is 0. The maximum absolute atomic E-state index is 13.6. The number of unbranched alkanes of at least 4 members (excludes halogenated alkanes) is 1. The highest BCUT2D eigenvalue weighted by atomic mass is 19.1. The molecule has 0 heterocycles. The van der Waals surface area contributed by atoms with Crippen molar-refractivity contribution in [3.05, 3.63) is 29.6 Å². The van der Waals surface area contributed by atoms with E-state index < -0.39 is 0 Å². The number of rotatable bonds is 8. The quantitative estimate of drug-likeness (QED) is 0.726. The van der Waals surface area contributed by atoms with Crippen LogP contribution in [0.3, 0.4) is 0 Å². The highest BCUT2D eigenvalue weighted by molar-refractivity contribution is 5.30. The lowest BCUT2D eigenvalue weighted by Crippen LogP contribution is -2.09. The van der Waals surface area contributed by atoms with Gasteiger partial charge in [0.2, 0.25) is 0 Å². The van der Waals surface area contributed by atoms with E-state index in [0.29, 0.717) is 24.5 Å². The maximum Gasteiger partial charge on any atom is 0.131 e. The largest absolute Gasteiger partial charge is 0.491 e. The molecule has 0 aromatic heterocycles. The Balaban J connectivity index is 2.33. The lowest BCUT2D eigenvalue weighted by atomic mass is 10.1. The topological polar surface area (TPSA) is 44.5 Å². The summed E-state index contributed by atoms with van der Waals surface area (Å²) in [6, 6.07) is 4.45. The van der Waals surface area contributed by atoms with Gasteiger partial charge in [-0.25, -0.2) is 4.39 Å². The summed E-state index contributed by atoms with van der Waals surface area (Å²) in [6.45, 7) is 5.57. The molecule has 0 bridgehead atoms. The minimum Gasteiger partial charge on any atom is -0.491 e. The highest BCUT2D eigenvalue weighted by Gasteiger charge is 2.07. The first kappa shape index (κ1) is 14.9. The Kier molecular flexibility index (Phi) is 6.68. The number of ether oxygens (including phenoxy) is 2. The molecule has 0 aliphatic heterocycles. The molecule has 1 aromatic rings. The van der Waals surface area contributed by atoms with Crippen molar-refractivity contribution >= 4 is 0 Å². The van der Waals surface area contributed by atoms with Crippen molar-refractivity contribution in [1.29, 1.82) is 0 Å². The van der Waals surface area contributed by atoms with Gasteiger partial charge in [0, 0.05) is 24.3 Å². The molecule has 102 valence electrons. The smallest absolute Gasteiger partial charge is 0.131 e. The summed E-state index contributed by atoms with van der Waals surface area (Å²) in [5.41, 5.74) is 6.13. The summed E-state index contributed by atoms with van der Waals surface area (Å²) in [4.78, 5) is 0. The molecular weight excluding hydrogens is 233 g/mol. The molecule has 1 unspecified atom stereocenters. The molecule has 0 aliphatic rings. The van der Waals surface area contributed by atoms with E-state index in [4.69, 9.17) is 15.2 Å². The molecule has 0 saturated carbocycles. The van der Waals surface area contributed by atoms with E-state index in [1.165, 1.54) is 6.07 Å². The van der Waals surface area contributed by atoms with Crippen molar-refractivity contribution in [3.63, 3.8) is 0 Å². The fourth-order valence-corrected chi connectivity index (χ4v) is 1.53. The number of hydrogen-bond acceptors (Lipinski definition) is 3. The van der Waals surface area contributed by atoms with Gasteiger partial charge in [0.15, 0.2) is 0 Å². The van der Waals surface area contributed by atoms with Crippen LogP contribution in [0.25, 0.3) is 0 Å². The van der Waals surface area contributed by atoms with Crippen molar-refractivity contribution in [3.8, 4) is 5.75 Å². The van der Waals surface area contributed by atoms with Crippen LogP contribution in [0, 0.1) is 5.82 Å². The summed E-state index contributed by atoms with van der Waals surface area (Å²) in [5, 5.41) is 0. The zero-order valence-corrected chi connectivity index (χ0v) is 11.1. The van der Waals surface area contributed by atoms with Crippen molar-refractivity contribution in [2.24, 2.45) is 5.73 Å². The lowest BCUT2D eigenvalue weighted by molar-refractivity contribution is 0.0979. The molecule has 0 fully saturated rings. The van der Waals surface area contributed by atoms with Crippen LogP contribution in [0.15, 0.2) is 18.2 Å². The van der Waals surface area contributed by atoms with Gasteiger partial charge >= 0.3 is 0 Å². The summed E-state index contributed by atoms with van der Waals surface area (Å²) in [5.74, 6) is 0.186. The molecule has 0 amide bonds. The van der Waals surface area contributed by atoms with Crippen LogP contribution in [-0.2, 0) is 4.74 Å². The third kappa shape index (κ3) is 5.02. The Labute approximate surface area is 108 Å². The minimum absolute atomic E-state index is 0.309. The molecule has 2 N–H and O–H groups in total. The monoisotopic (exact) mass is 255 g/mol. The van der Waals surface area contributed by atoms with E-state index >= 15 is 0 Å². The number of benzene rings is 1. The van der Waals surface area contributed by atoms with Crippen molar-refractivity contribution in [1.82, 2.24) is 0 Å². The first-order valence-electron chi connectivity index (χ1n) is 6.40. The fraction of sp³-hybridized carbons (Fsp3) is 0.571. The van der Waals surface area contributed by atoms with Gasteiger partial charge in [-0.1, -0.05) is 19.4 Å². The number of halogens is 1. The molecule has 18 heavy (non-hydrogen) atoms. The Hall–Kier alpha value is -1.13. The summed E-state index contributed by atoms with van der Waals surface area (Å²) in [7, 11) is 0. The van der Waals surface area contributed by atoms with Crippen LogP contribution in [0.1, 0.15) is 38.3 Å². The van der Waals surface area contributed by atoms with Crippen LogP contribution in [0.2, 0.25) is 0 Å². The average molecular weight is 255 g/mol. The molecule has 1 rings (SSSR count). The van der Waals surface area contributed by atoms with Gasteiger partial charge in [-0.05, 0) is 19.4 Å². The zero-order valence-electron chi connectivity index (χ0n) is 11.1. The third-order valence-corrected chi connectivity index (χ3v) is 2.60. The van der Waals surface area contributed by atoms with Gasteiger partial charge in [-0.3, -0.25) is 0 Å². The van der Waals surface area contributed by atoms with Gasteiger partial charge < -0.3 is 15.2 Å². The molecule has 0 radical (unpaired) electrons. The average Bonchev–Trinajstić information content (AvgIpc) is 2.33. The van der Waals surface area contributed by atoms with Gasteiger partial charge in [0.1, 0.15) is 18.2 Å². The highest BCUT2D eigenvalue weighted by Crippen LogP contribution is 2.20. The van der Waals surface area contributed by atoms with Crippen molar-refractivity contribution in [2.45, 2.75) is 32.7 Å². The predicted octanol–water partition coefficient (Wildman–Crippen LogP) is 3.04. The SMILES string of the molecule is CCCCOCCOc1ccc(C(C)N)c(F)c1. The van der Waals surface area contributed by atoms with E-state index in [0.717, 1.165) is 19.4 Å². The molecule has 1 atom stereocenters. The predicted molar refractivity (Wildman–Crippen MR) is 70.2 cm³/mol. The van der Waals surface area contributed by atoms with E-state index in [-0.39, 0.29) is 11.9 Å². The van der Waals surface area contributed by atoms with E-state index in [1.54, 1.807) is 19.1 Å². The second-order valence-corrected chi connectivity index (χ2v) is 4.29. The Bertz CT molecular complexity index is 356. The van der Waals surface area contributed by atoms with Crippen molar-refractivity contribution < 1.29 is 13.9 Å². The van der Waals surface area contributed by atoms with Crippen LogP contribution in [0.4, 0.5) is 4.39 Å². The first-order chi connectivity index (χ1) is 8.65. The molecule has 0 spiro atoms. The molecule has 0 saturated heterocycles. The van der Waals surface area contributed by atoms with E-state index in [2.05, 4.69) is 6.92 Å².